The van der Waals surface area contributed by atoms with E-state index in [-0.39, 0.29) is 18.6 Å². The van der Waals surface area contributed by atoms with E-state index >= 15 is 0 Å². The minimum Gasteiger partial charge on any atom is -0.396 e. The van der Waals surface area contributed by atoms with E-state index in [9.17, 15) is 4.79 Å². The Morgan fingerprint density at radius 1 is 1.80 bits per heavy atom. The molecule has 1 aromatic heterocycles. The van der Waals surface area contributed by atoms with Gasteiger partial charge in [0.2, 0.25) is 0 Å². The normalized spacial score (nSPS) is 12.5. The van der Waals surface area contributed by atoms with Crippen molar-refractivity contribution in [2.24, 2.45) is 0 Å². The fourth-order valence-electron chi connectivity index (χ4n) is 1.23. The Labute approximate surface area is 88.1 Å². The Bertz CT molecular complexity index is 348. The first-order chi connectivity index (χ1) is 7.10. The number of nitrogen functional groups attached to an aromatic ring is 1. The molecule has 1 heterocycles. The smallest absolute Gasteiger partial charge is 0.271 e. The van der Waals surface area contributed by atoms with Gasteiger partial charge in [0, 0.05) is 12.6 Å². The van der Waals surface area contributed by atoms with E-state index in [2.05, 4.69) is 10.4 Å². The van der Waals surface area contributed by atoms with Gasteiger partial charge in [0.1, 0.15) is 5.69 Å². The molecule has 6 nitrogen and oxygen atoms in total. The predicted octanol–water partition coefficient (Wildman–Crippen LogP) is -0.404. The fraction of sp³-hybridized carbons (Fsp3) is 0.556. The van der Waals surface area contributed by atoms with Crippen molar-refractivity contribution in [3.05, 3.63) is 11.9 Å². The lowest BCUT2D eigenvalue weighted by Crippen LogP contribution is -2.36. The van der Waals surface area contributed by atoms with Crippen molar-refractivity contribution in [3.63, 3.8) is 0 Å². The molecule has 1 atom stereocenters. The van der Waals surface area contributed by atoms with Crippen LogP contribution in [-0.2, 0) is 6.54 Å². The Morgan fingerprint density at radius 3 is 3.00 bits per heavy atom. The molecule has 0 aromatic carbocycles. The number of nitrogens with one attached hydrogen (secondary N) is 1. The molecule has 1 rings (SSSR count). The number of carbonyl (C=O) groups excluding carboxylic acids is 1. The second-order valence-corrected chi connectivity index (χ2v) is 3.32. The highest BCUT2D eigenvalue weighted by atomic mass is 16.3. The summed E-state index contributed by atoms with van der Waals surface area (Å²) in [5, 5.41) is 15.4. The van der Waals surface area contributed by atoms with Gasteiger partial charge in [-0.2, -0.15) is 5.10 Å². The van der Waals surface area contributed by atoms with E-state index in [0.29, 0.717) is 17.9 Å². The van der Waals surface area contributed by atoms with Crippen LogP contribution in [0.4, 0.5) is 5.69 Å². The lowest BCUT2D eigenvalue weighted by Gasteiger charge is -2.11. The Balaban J connectivity index is 2.85. The summed E-state index contributed by atoms with van der Waals surface area (Å²) in [5.74, 6) is -0.312. The maximum atomic E-state index is 11.7. The summed E-state index contributed by atoms with van der Waals surface area (Å²) in [6.07, 6.45) is 1.45. The molecular weight excluding hydrogens is 196 g/mol. The highest BCUT2D eigenvalue weighted by molar-refractivity contribution is 5.97. The summed E-state index contributed by atoms with van der Waals surface area (Å²) in [4.78, 5) is 11.7. The van der Waals surface area contributed by atoms with E-state index in [1.54, 1.807) is 6.92 Å². The summed E-state index contributed by atoms with van der Waals surface area (Å²) in [5.41, 5.74) is 6.32. The third kappa shape index (κ3) is 2.47. The zero-order valence-corrected chi connectivity index (χ0v) is 8.90. The van der Waals surface area contributed by atoms with E-state index in [0.717, 1.165) is 0 Å². The van der Waals surface area contributed by atoms with Gasteiger partial charge in [0.15, 0.2) is 0 Å². The van der Waals surface area contributed by atoms with Gasteiger partial charge in [-0.15, -0.1) is 0 Å². The molecular formula is C9H16N4O2. The quantitative estimate of drug-likeness (QED) is 0.633. The molecule has 6 heteroatoms. The first kappa shape index (κ1) is 11.5. The van der Waals surface area contributed by atoms with Crippen LogP contribution in [0.5, 0.6) is 0 Å². The summed E-state index contributed by atoms with van der Waals surface area (Å²) in [6.45, 7) is 4.05. The average molecular weight is 212 g/mol. The molecule has 0 saturated carbocycles. The standard InChI is InChI=1S/C9H16N4O2/c1-3-13-8(7(10)4-11-13)9(15)12-6(2)5-14/h4,6,14H,3,5,10H2,1-2H3,(H,12,15)/t6-/m1/s1. The van der Waals surface area contributed by atoms with Crippen LogP contribution >= 0.6 is 0 Å². The molecule has 0 aliphatic carbocycles. The lowest BCUT2D eigenvalue weighted by atomic mass is 10.3. The van der Waals surface area contributed by atoms with E-state index < -0.39 is 0 Å². The third-order valence-electron chi connectivity index (χ3n) is 2.03. The first-order valence-corrected chi connectivity index (χ1v) is 4.83. The van der Waals surface area contributed by atoms with Crippen molar-refractivity contribution in [2.75, 3.05) is 12.3 Å². The number of anilines is 1. The largest absolute Gasteiger partial charge is 0.396 e. The van der Waals surface area contributed by atoms with Gasteiger partial charge >= 0.3 is 0 Å². The van der Waals surface area contributed by atoms with Crippen LogP contribution in [0, 0.1) is 0 Å². The van der Waals surface area contributed by atoms with Crippen molar-refractivity contribution in [2.45, 2.75) is 26.4 Å². The van der Waals surface area contributed by atoms with Crippen molar-refractivity contribution in [1.29, 1.82) is 0 Å². The van der Waals surface area contributed by atoms with Crippen molar-refractivity contribution < 1.29 is 9.90 Å². The van der Waals surface area contributed by atoms with Crippen molar-refractivity contribution in [3.8, 4) is 0 Å². The number of nitrogens with two attached hydrogens (primary N) is 1. The molecule has 0 aliphatic heterocycles. The molecule has 0 aliphatic rings. The monoisotopic (exact) mass is 212 g/mol. The van der Waals surface area contributed by atoms with Crippen LogP contribution in [0.15, 0.2) is 6.20 Å². The van der Waals surface area contributed by atoms with Crippen molar-refractivity contribution in [1.82, 2.24) is 15.1 Å². The minimum absolute atomic E-state index is 0.105. The van der Waals surface area contributed by atoms with Crippen LogP contribution in [0.3, 0.4) is 0 Å². The SMILES string of the molecule is CCn1ncc(N)c1C(=O)N[C@H](C)CO. The maximum Gasteiger partial charge on any atom is 0.271 e. The molecule has 84 valence electrons. The Kier molecular flexibility index (Phi) is 3.68. The highest BCUT2D eigenvalue weighted by Gasteiger charge is 2.17. The van der Waals surface area contributed by atoms with Gasteiger partial charge in [-0.1, -0.05) is 0 Å². The molecule has 0 fully saturated rings. The molecule has 0 bridgehead atoms. The van der Waals surface area contributed by atoms with Gasteiger partial charge in [-0.25, -0.2) is 0 Å². The molecule has 0 radical (unpaired) electrons. The number of carbonyl (C=O) groups is 1. The average Bonchev–Trinajstić information content (AvgIpc) is 2.59. The summed E-state index contributed by atoms with van der Waals surface area (Å²) in [6, 6.07) is -0.294. The van der Waals surface area contributed by atoms with E-state index in [4.69, 9.17) is 10.8 Å². The molecule has 0 spiro atoms. The summed E-state index contributed by atoms with van der Waals surface area (Å²) in [7, 11) is 0. The van der Waals surface area contributed by atoms with Crippen LogP contribution in [0.2, 0.25) is 0 Å². The van der Waals surface area contributed by atoms with Gasteiger partial charge in [-0.05, 0) is 13.8 Å². The number of aliphatic hydroxyl groups is 1. The number of rotatable bonds is 4. The Hall–Kier alpha value is -1.56. The number of nitrogens with zero attached hydrogens (tertiary/aromatic N) is 2. The lowest BCUT2D eigenvalue weighted by molar-refractivity contribution is 0.0912. The van der Waals surface area contributed by atoms with Crippen LogP contribution in [-0.4, -0.2) is 33.4 Å². The minimum atomic E-state index is -0.312. The number of amides is 1. The maximum absolute atomic E-state index is 11.7. The summed E-state index contributed by atoms with van der Waals surface area (Å²) < 4.78 is 1.52. The second kappa shape index (κ2) is 4.79. The second-order valence-electron chi connectivity index (χ2n) is 3.32. The van der Waals surface area contributed by atoms with Crippen LogP contribution < -0.4 is 11.1 Å². The van der Waals surface area contributed by atoms with Crippen molar-refractivity contribution >= 4 is 11.6 Å². The van der Waals surface area contributed by atoms with E-state index in [1.807, 2.05) is 6.92 Å². The van der Waals surface area contributed by atoms with Gasteiger partial charge in [0.25, 0.3) is 5.91 Å². The number of hydrogen-bond acceptors (Lipinski definition) is 4. The van der Waals surface area contributed by atoms with Crippen LogP contribution in [0.1, 0.15) is 24.3 Å². The molecule has 15 heavy (non-hydrogen) atoms. The number of aliphatic hydroxyl groups excluding tert-OH is 1. The molecule has 0 saturated heterocycles. The molecule has 1 aromatic rings. The molecule has 0 unspecified atom stereocenters. The topological polar surface area (TPSA) is 93.2 Å². The summed E-state index contributed by atoms with van der Waals surface area (Å²) >= 11 is 0. The predicted molar refractivity (Wildman–Crippen MR) is 56.3 cm³/mol. The zero-order valence-electron chi connectivity index (χ0n) is 8.90. The van der Waals surface area contributed by atoms with Gasteiger partial charge < -0.3 is 16.2 Å². The zero-order chi connectivity index (χ0) is 11.4. The van der Waals surface area contributed by atoms with Gasteiger partial charge in [0.05, 0.1) is 18.5 Å². The Morgan fingerprint density at radius 2 is 2.47 bits per heavy atom. The molecule has 4 N–H and O–H groups in total. The van der Waals surface area contributed by atoms with Crippen LogP contribution in [0.25, 0.3) is 0 Å². The van der Waals surface area contributed by atoms with E-state index in [1.165, 1.54) is 10.9 Å². The molecule has 1 amide bonds. The number of aryl methyl sites for hydroxylation is 1. The van der Waals surface area contributed by atoms with Gasteiger partial charge in [-0.3, -0.25) is 9.48 Å². The first-order valence-electron chi connectivity index (χ1n) is 4.83. The number of hydrogen-bond donors (Lipinski definition) is 3. The number of aromatic nitrogens is 2. The third-order valence-corrected chi connectivity index (χ3v) is 2.03. The fourth-order valence-corrected chi connectivity index (χ4v) is 1.23. The highest BCUT2D eigenvalue weighted by Crippen LogP contribution is 2.10.